The number of benzene rings is 4. The molecule has 3 N–H and O–H groups in total. The van der Waals surface area contributed by atoms with E-state index in [1.54, 1.807) is 48.5 Å². The van der Waals surface area contributed by atoms with Gasteiger partial charge in [0.1, 0.15) is 25.1 Å². The Morgan fingerprint density at radius 1 is 0.745 bits per heavy atom. The van der Waals surface area contributed by atoms with Gasteiger partial charge in [-0.2, -0.15) is 9.30 Å². The van der Waals surface area contributed by atoms with Crippen molar-refractivity contribution in [2.24, 2.45) is 10.7 Å². The number of likely N-dealkylation sites (tertiary alicyclic amines) is 1. The molecule has 2 aliphatic rings. The van der Waals surface area contributed by atoms with E-state index >= 15 is 0 Å². The summed E-state index contributed by atoms with van der Waals surface area (Å²) >= 11 is 0. The lowest BCUT2D eigenvalue weighted by molar-refractivity contribution is -0.119. The minimum atomic E-state index is -3.34. The highest BCUT2D eigenvalue weighted by Gasteiger charge is 2.43. The van der Waals surface area contributed by atoms with E-state index < -0.39 is 39.9 Å². The second-order valence-electron chi connectivity index (χ2n) is 13.3. The first kappa shape index (κ1) is 38.8. The van der Waals surface area contributed by atoms with E-state index in [4.69, 9.17) is 15.2 Å². The summed E-state index contributed by atoms with van der Waals surface area (Å²) < 4.78 is 36.3. The average Bonchev–Trinajstić information content (AvgIpc) is 3.66. The Balaban J connectivity index is 1.13. The van der Waals surface area contributed by atoms with E-state index in [-0.39, 0.29) is 31.6 Å². The van der Waals surface area contributed by atoms with Crippen molar-refractivity contribution < 1.29 is 37.1 Å². The maximum atomic E-state index is 14.0. The largest absolute Gasteiger partial charge is 0.457 e. The van der Waals surface area contributed by atoms with Crippen LogP contribution in [0, 0.1) is 0 Å². The monoisotopic (exact) mass is 766 g/mol. The van der Waals surface area contributed by atoms with E-state index in [0.29, 0.717) is 55.0 Å². The molecule has 14 nitrogen and oxygen atoms in total. The number of piperazine rings is 1. The topological polar surface area (TPSA) is 181 Å². The van der Waals surface area contributed by atoms with Gasteiger partial charge in [-0.15, -0.1) is 0 Å². The number of carbonyl (C=O) groups excluding carboxylic acids is 4. The zero-order chi connectivity index (χ0) is 39.0. The quantitative estimate of drug-likeness (QED) is 0.129. The van der Waals surface area contributed by atoms with Crippen LogP contribution in [0.4, 0.5) is 10.5 Å². The van der Waals surface area contributed by atoms with Gasteiger partial charge in [0.15, 0.2) is 0 Å². The molecule has 0 spiro atoms. The lowest BCUT2D eigenvalue weighted by Gasteiger charge is -2.36. The molecule has 15 heteroatoms. The number of sulfonamides is 1. The SMILES string of the molecule is CS(=O)(=O)N1CCN([C@H]2C[C@@H](C(=O)Nc3ccc(C(=O)OCc4ccccc4)cc3)N(C(=O)c3ccc(/C(N)=N\C(=O)OCc4ccccc4)cc3)C2)CC1. The summed E-state index contributed by atoms with van der Waals surface area (Å²) in [6.45, 7) is 1.93. The highest BCUT2D eigenvalue weighted by molar-refractivity contribution is 7.88. The number of hydrogen-bond donors (Lipinski definition) is 2. The van der Waals surface area contributed by atoms with Crippen LogP contribution in [0.3, 0.4) is 0 Å². The number of anilines is 1. The van der Waals surface area contributed by atoms with Crippen molar-refractivity contribution in [2.45, 2.75) is 31.7 Å². The molecule has 2 fully saturated rings. The van der Waals surface area contributed by atoms with Crippen LogP contribution in [0.25, 0.3) is 0 Å². The molecule has 0 aliphatic carbocycles. The number of nitrogens with two attached hydrogens (primary N) is 1. The normalized spacial score (nSPS) is 18.1. The predicted octanol–water partition coefficient (Wildman–Crippen LogP) is 3.88. The number of esters is 1. The first-order chi connectivity index (χ1) is 26.4. The van der Waals surface area contributed by atoms with Crippen molar-refractivity contribution in [2.75, 3.05) is 44.3 Å². The number of hydrogen-bond acceptors (Lipinski definition) is 9. The molecular formula is C40H42N6O8S. The summed E-state index contributed by atoms with van der Waals surface area (Å²) in [5, 5.41) is 2.89. The van der Waals surface area contributed by atoms with Crippen LogP contribution >= 0.6 is 0 Å². The summed E-state index contributed by atoms with van der Waals surface area (Å²) in [7, 11) is -3.34. The molecule has 0 bridgehead atoms. The van der Waals surface area contributed by atoms with Gasteiger partial charge in [0.2, 0.25) is 15.9 Å². The Morgan fingerprint density at radius 3 is 1.87 bits per heavy atom. The molecule has 2 heterocycles. The van der Waals surface area contributed by atoms with Gasteiger partial charge in [0.05, 0.1) is 11.8 Å². The summed E-state index contributed by atoms with van der Waals surface area (Å²) in [6, 6.07) is 30.0. The number of ether oxygens (including phenoxy) is 2. The molecular weight excluding hydrogens is 725 g/mol. The molecule has 3 amide bonds. The molecule has 6 rings (SSSR count). The molecule has 0 aromatic heterocycles. The number of rotatable bonds is 11. The molecule has 0 saturated carbocycles. The highest BCUT2D eigenvalue weighted by atomic mass is 32.2. The van der Waals surface area contributed by atoms with Crippen LogP contribution in [0.5, 0.6) is 0 Å². The Labute approximate surface area is 319 Å². The number of amidine groups is 1. The van der Waals surface area contributed by atoms with Crippen molar-refractivity contribution in [3.8, 4) is 0 Å². The van der Waals surface area contributed by atoms with Gasteiger partial charge in [-0.1, -0.05) is 72.8 Å². The fourth-order valence-corrected chi connectivity index (χ4v) is 7.36. The van der Waals surface area contributed by atoms with Crippen LogP contribution in [0.1, 0.15) is 43.8 Å². The first-order valence-corrected chi connectivity index (χ1v) is 19.6. The predicted molar refractivity (Wildman–Crippen MR) is 206 cm³/mol. The van der Waals surface area contributed by atoms with E-state index in [1.165, 1.54) is 15.5 Å². The van der Waals surface area contributed by atoms with Crippen molar-refractivity contribution in [1.29, 1.82) is 0 Å². The lowest BCUT2D eigenvalue weighted by Crippen LogP contribution is -2.52. The molecule has 286 valence electrons. The summed E-state index contributed by atoms with van der Waals surface area (Å²) in [5.74, 6) is -1.39. The number of amides is 3. The zero-order valence-corrected chi connectivity index (χ0v) is 31.1. The first-order valence-electron chi connectivity index (χ1n) is 17.7. The third-order valence-electron chi connectivity index (χ3n) is 9.55. The van der Waals surface area contributed by atoms with Crippen LogP contribution in [-0.4, -0.2) is 103 Å². The molecule has 4 aromatic rings. The average molecular weight is 767 g/mol. The number of nitrogens with one attached hydrogen (secondary N) is 1. The Bertz CT molecular complexity index is 2120. The van der Waals surface area contributed by atoms with Crippen LogP contribution < -0.4 is 11.1 Å². The minimum absolute atomic E-state index is 0.0397. The summed E-state index contributed by atoms with van der Waals surface area (Å²) in [5.41, 5.74) is 9.18. The van der Waals surface area contributed by atoms with Crippen LogP contribution in [0.15, 0.2) is 114 Å². The van der Waals surface area contributed by atoms with Crippen molar-refractivity contribution >= 4 is 45.4 Å². The highest BCUT2D eigenvalue weighted by Crippen LogP contribution is 2.27. The van der Waals surface area contributed by atoms with Crippen molar-refractivity contribution in [1.82, 2.24) is 14.1 Å². The maximum absolute atomic E-state index is 14.0. The van der Waals surface area contributed by atoms with Gasteiger partial charge in [0.25, 0.3) is 5.91 Å². The maximum Gasteiger partial charge on any atom is 0.435 e. The third kappa shape index (κ3) is 10.2. The Hall–Kier alpha value is -5.90. The van der Waals surface area contributed by atoms with Crippen molar-refractivity contribution in [3.63, 3.8) is 0 Å². The van der Waals surface area contributed by atoms with Gasteiger partial charge in [-0.05, 0) is 53.9 Å². The van der Waals surface area contributed by atoms with E-state index in [0.717, 1.165) is 11.1 Å². The number of nitrogens with zero attached hydrogens (tertiary/aromatic N) is 4. The number of carbonyl (C=O) groups is 4. The molecule has 55 heavy (non-hydrogen) atoms. The summed E-state index contributed by atoms with van der Waals surface area (Å²) in [6.07, 6.45) is 0.651. The Morgan fingerprint density at radius 2 is 1.29 bits per heavy atom. The number of aliphatic imine (C=N–C) groups is 1. The van der Waals surface area contributed by atoms with Gasteiger partial charge >= 0.3 is 12.1 Å². The van der Waals surface area contributed by atoms with E-state index in [9.17, 15) is 27.6 Å². The second-order valence-corrected chi connectivity index (χ2v) is 15.3. The molecule has 0 radical (unpaired) electrons. The fraction of sp³-hybridized carbons (Fsp3) is 0.275. The molecule has 2 aliphatic heterocycles. The van der Waals surface area contributed by atoms with Gasteiger partial charge < -0.3 is 25.4 Å². The lowest BCUT2D eigenvalue weighted by atomic mass is 10.1. The minimum Gasteiger partial charge on any atom is -0.457 e. The van der Waals surface area contributed by atoms with Crippen LogP contribution in [-0.2, 0) is 37.5 Å². The molecule has 2 saturated heterocycles. The second kappa shape index (κ2) is 17.5. The van der Waals surface area contributed by atoms with Gasteiger partial charge in [-0.25, -0.2) is 18.0 Å². The molecule has 2 atom stereocenters. The molecule has 0 unspecified atom stereocenters. The molecule has 4 aromatic carbocycles. The van der Waals surface area contributed by atoms with Gasteiger partial charge in [0, 0.05) is 55.6 Å². The summed E-state index contributed by atoms with van der Waals surface area (Å²) in [4.78, 5) is 60.3. The zero-order valence-electron chi connectivity index (χ0n) is 30.2. The van der Waals surface area contributed by atoms with Crippen LogP contribution in [0.2, 0.25) is 0 Å². The smallest absolute Gasteiger partial charge is 0.435 e. The van der Waals surface area contributed by atoms with E-state index in [1.807, 2.05) is 60.7 Å². The van der Waals surface area contributed by atoms with Crippen molar-refractivity contribution in [3.05, 3.63) is 137 Å². The Kier molecular flexibility index (Phi) is 12.3. The standard InChI is InChI=1S/C40H42N6O8S/c1-55(51,52)45-22-20-44(21-23-45)34-24-35(37(47)42-33-18-16-32(17-19-33)39(49)53-26-28-8-4-2-5-9-28)46(25-34)38(48)31-14-12-30(13-15-31)36(41)43-40(50)54-27-29-10-6-3-7-11-29/h2-19,34-35H,20-27H2,1H3,(H,42,47)(H2,41,43,50)/t34-,35-/m0/s1. The van der Waals surface area contributed by atoms with E-state index in [2.05, 4.69) is 15.2 Å². The third-order valence-corrected chi connectivity index (χ3v) is 10.8. The van der Waals surface area contributed by atoms with Gasteiger partial charge in [-0.3, -0.25) is 14.5 Å². The fourth-order valence-electron chi connectivity index (χ4n) is 6.54.